The number of carbonyl (C=O) groups is 2. The van der Waals surface area contributed by atoms with Gasteiger partial charge in [0.2, 0.25) is 11.7 Å². The van der Waals surface area contributed by atoms with Crippen molar-refractivity contribution in [2.24, 2.45) is 5.92 Å². The minimum atomic E-state index is -4.38. The van der Waals surface area contributed by atoms with Crippen molar-refractivity contribution in [2.75, 3.05) is 0 Å². The number of halogens is 3. The van der Waals surface area contributed by atoms with Crippen LogP contribution in [0.4, 0.5) is 13.2 Å². The number of alkyl halides is 3. The zero-order valence-corrected chi connectivity index (χ0v) is 18.8. The van der Waals surface area contributed by atoms with Crippen LogP contribution in [0.15, 0.2) is 30.7 Å². The van der Waals surface area contributed by atoms with E-state index in [1.165, 1.54) is 0 Å². The van der Waals surface area contributed by atoms with Crippen LogP contribution in [0.1, 0.15) is 73.5 Å². The molecule has 1 atom stereocenters. The molecule has 12 heteroatoms. The second-order valence-electron chi connectivity index (χ2n) is 8.73. The van der Waals surface area contributed by atoms with Crippen LogP contribution in [0.3, 0.4) is 0 Å². The van der Waals surface area contributed by atoms with Gasteiger partial charge in [0.25, 0.3) is 5.91 Å². The van der Waals surface area contributed by atoms with Crippen molar-refractivity contribution in [3.63, 3.8) is 0 Å². The Balaban J connectivity index is 1.43. The SMILES string of the molecule is CC(C)n1nccc1C(=O)NCc1cn2ccc(C(NC(=O)CCC(F)(F)F)C3CC3)nc2n1. The molecule has 1 aliphatic carbocycles. The van der Waals surface area contributed by atoms with Crippen LogP contribution in [0.2, 0.25) is 0 Å². The summed E-state index contributed by atoms with van der Waals surface area (Å²) in [6.07, 6.45) is 0.643. The van der Waals surface area contributed by atoms with E-state index in [4.69, 9.17) is 0 Å². The first-order valence-corrected chi connectivity index (χ1v) is 11.1. The lowest BCUT2D eigenvalue weighted by molar-refractivity contribution is -0.144. The Morgan fingerprint density at radius 3 is 2.65 bits per heavy atom. The third kappa shape index (κ3) is 5.72. The van der Waals surface area contributed by atoms with Crippen molar-refractivity contribution in [1.82, 2.24) is 34.8 Å². The van der Waals surface area contributed by atoms with Gasteiger partial charge < -0.3 is 10.6 Å². The number of nitrogens with one attached hydrogen (secondary N) is 2. The number of fused-ring (bicyclic) bond motifs is 1. The fourth-order valence-corrected chi connectivity index (χ4v) is 3.72. The molecule has 1 saturated carbocycles. The standard InChI is InChI=1S/C22H26F3N7O2/c1-13(2)32-17(6-9-27-32)20(34)26-11-15-12-31-10-7-16(29-21(31)28-15)19(14-3-4-14)30-18(33)5-8-22(23,24)25/h6-7,9-10,12-14,19H,3-5,8,11H2,1-2H3,(H,26,34)(H,30,33). The molecule has 182 valence electrons. The number of hydrogen-bond donors (Lipinski definition) is 2. The average Bonchev–Trinajstić information content (AvgIpc) is 3.33. The molecule has 1 unspecified atom stereocenters. The molecule has 9 nitrogen and oxygen atoms in total. The van der Waals surface area contributed by atoms with Gasteiger partial charge in [-0.25, -0.2) is 9.97 Å². The van der Waals surface area contributed by atoms with E-state index in [1.807, 2.05) is 13.8 Å². The van der Waals surface area contributed by atoms with E-state index in [2.05, 4.69) is 25.7 Å². The van der Waals surface area contributed by atoms with E-state index in [1.54, 1.807) is 39.8 Å². The highest BCUT2D eigenvalue weighted by molar-refractivity contribution is 5.92. The van der Waals surface area contributed by atoms with Crippen molar-refractivity contribution >= 4 is 17.6 Å². The minimum Gasteiger partial charge on any atom is -0.347 e. The molecule has 3 heterocycles. The topological polar surface area (TPSA) is 106 Å². The summed E-state index contributed by atoms with van der Waals surface area (Å²) in [6.45, 7) is 4.05. The molecule has 0 radical (unpaired) electrons. The van der Waals surface area contributed by atoms with Crippen LogP contribution >= 0.6 is 0 Å². The molecular formula is C22H26F3N7O2. The van der Waals surface area contributed by atoms with Gasteiger partial charge in [0.15, 0.2) is 0 Å². The van der Waals surface area contributed by atoms with Crippen molar-refractivity contribution in [1.29, 1.82) is 0 Å². The summed E-state index contributed by atoms with van der Waals surface area (Å²) in [7, 11) is 0. The molecule has 4 rings (SSSR count). The summed E-state index contributed by atoms with van der Waals surface area (Å²) in [5, 5.41) is 9.69. The molecule has 3 aromatic heterocycles. The van der Waals surface area contributed by atoms with Crippen molar-refractivity contribution in [3.05, 3.63) is 47.8 Å². The molecule has 3 aromatic rings. The number of rotatable bonds is 9. The molecular weight excluding hydrogens is 451 g/mol. The first-order valence-electron chi connectivity index (χ1n) is 11.1. The third-order valence-corrected chi connectivity index (χ3v) is 5.58. The van der Waals surface area contributed by atoms with Gasteiger partial charge in [0.05, 0.1) is 30.4 Å². The van der Waals surface area contributed by atoms with E-state index in [0.717, 1.165) is 12.8 Å². The van der Waals surface area contributed by atoms with E-state index in [-0.39, 0.29) is 24.4 Å². The maximum Gasteiger partial charge on any atom is 0.389 e. The number of imidazole rings is 1. The van der Waals surface area contributed by atoms with Crippen molar-refractivity contribution < 1.29 is 22.8 Å². The summed E-state index contributed by atoms with van der Waals surface area (Å²) in [6, 6.07) is 2.96. The fraction of sp³-hybridized carbons (Fsp3) is 0.500. The van der Waals surface area contributed by atoms with Crippen LogP contribution in [-0.4, -0.2) is 42.1 Å². The van der Waals surface area contributed by atoms with Crippen molar-refractivity contribution in [3.8, 4) is 0 Å². The van der Waals surface area contributed by atoms with E-state index >= 15 is 0 Å². The molecule has 2 amide bonds. The predicted octanol–water partition coefficient (Wildman–Crippen LogP) is 3.35. The molecule has 1 aliphatic rings. The molecule has 34 heavy (non-hydrogen) atoms. The Morgan fingerprint density at radius 2 is 1.97 bits per heavy atom. The van der Waals surface area contributed by atoms with Gasteiger partial charge in [-0.05, 0) is 44.7 Å². The molecule has 0 spiro atoms. The van der Waals surface area contributed by atoms with Gasteiger partial charge in [-0.2, -0.15) is 18.3 Å². The molecule has 0 aromatic carbocycles. The number of carbonyl (C=O) groups excluding carboxylic acids is 2. The Hall–Kier alpha value is -3.44. The maximum absolute atomic E-state index is 12.5. The van der Waals surface area contributed by atoms with Gasteiger partial charge in [0, 0.05) is 31.1 Å². The second kappa shape index (κ2) is 9.43. The smallest absolute Gasteiger partial charge is 0.347 e. The molecule has 2 N–H and O–H groups in total. The molecule has 0 aliphatic heterocycles. The highest BCUT2D eigenvalue weighted by atomic mass is 19.4. The number of amides is 2. The molecule has 0 bridgehead atoms. The lowest BCUT2D eigenvalue weighted by Gasteiger charge is -2.18. The number of aromatic nitrogens is 5. The average molecular weight is 477 g/mol. The second-order valence-corrected chi connectivity index (χ2v) is 8.73. The van der Waals surface area contributed by atoms with Gasteiger partial charge in [-0.1, -0.05) is 0 Å². The summed E-state index contributed by atoms with van der Waals surface area (Å²) in [5.74, 6) is -0.399. The van der Waals surface area contributed by atoms with E-state index in [9.17, 15) is 22.8 Å². The highest BCUT2D eigenvalue weighted by Gasteiger charge is 2.35. The number of nitrogens with zero attached hydrogens (tertiary/aromatic N) is 5. The first-order chi connectivity index (χ1) is 16.1. The lowest BCUT2D eigenvalue weighted by Crippen LogP contribution is -2.31. The zero-order valence-electron chi connectivity index (χ0n) is 18.8. The fourth-order valence-electron chi connectivity index (χ4n) is 3.72. The maximum atomic E-state index is 12.5. The monoisotopic (exact) mass is 477 g/mol. The Bertz CT molecular complexity index is 1180. The predicted molar refractivity (Wildman–Crippen MR) is 116 cm³/mol. The van der Waals surface area contributed by atoms with E-state index < -0.39 is 31.0 Å². The molecule has 1 fully saturated rings. The molecule has 0 saturated heterocycles. The van der Waals surface area contributed by atoms with Gasteiger partial charge in [-0.15, -0.1) is 0 Å². The van der Waals surface area contributed by atoms with Crippen LogP contribution < -0.4 is 10.6 Å². The van der Waals surface area contributed by atoms with Crippen LogP contribution in [0.5, 0.6) is 0 Å². The Labute approximate surface area is 193 Å². The summed E-state index contributed by atoms with van der Waals surface area (Å²) < 4.78 is 40.6. The quantitative estimate of drug-likeness (QED) is 0.492. The zero-order chi connectivity index (χ0) is 24.5. The third-order valence-electron chi connectivity index (χ3n) is 5.58. The van der Waals surface area contributed by atoms with Gasteiger partial charge >= 0.3 is 6.18 Å². The summed E-state index contributed by atoms with van der Waals surface area (Å²) >= 11 is 0. The Kier molecular flexibility index (Phi) is 6.58. The largest absolute Gasteiger partial charge is 0.389 e. The summed E-state index contributed by atoms with van der Waals surface area (Å²) in [5.41, 5.74) is 1.59. The summed E-state index contributed by atoms with van der Waals surface area (Å²) in [4.78, 5) is 33.6. The van der Waals surface area contributed by atoms with Gasteiger partial charge in [0.1, 0.15) is 5.69 Å². The van der Waals surface area contributed by atoms with Crippen LogP contribution in [0, 0.1) is 5.92 Å². The lowest BCUT2D eigenvalue weighted by atomic mass is 10.1. The Morgan fingerprint density at radius 1 is 1.21 bits per heavy atom. The number of hydrogen-bond acceptors (Lipinski definition) is 5. The normalized spacial score (nSPS) is 15.0. The van der Waals surface area contributed by atoms with E-state index in [0.29, 0.717) is 22.9 Å². The van der Waals surface area contributed by atoms with Crippen molar-refractivity contribution in [2.45, 2.75) is 64.3 Å². The van der Waals surface area contributed by atoms with Gasteiger partial charge in [-0.3, -0.25) is 18.7 Å². The van der Waals surface area contributed by atoms with Crippen LogP contribution in [-0.2, 0) is 11.3 Å². The first kappa shape index (κ1) is 23.7. The minimum absolute atomic E-state index is 0.0435. The van der Waals surface area contributed by atoms with Crippen LogP contribution in [0.25, 0.3) is 5.78 Å². The highest BCUT2D eigenvalue weighted by Crippen LogP contribution is 2.40.